The summed E-state index contributed by atoms with van der Waals surface area (Å²) in [7, 11) is 0. The fourth-order valence-corrected chi connectivity index (χ4v) is 5.54. The molecular weight excluding hydrogens is 672 g/mol. The molecule has 4 aromatic carbocycles. The molecule has 0 radical (unpaired) electrons. The molecule has 1 saturated heterocycles. The molecule has 5 atom stereocenters. The molecule has 1 aromatic heterocycles. The highest BCUT2D eigenvalue weighted by Crippen LogP contribution is 2.35. The van der Waals surface area contributed by atoms with E-state index in [0.29, 0.717) is 0 Å². The van der Waals surface area contributed by atoms with Crippen LogP contribution >= 0.6 is 0 Å². The fourth-order valence-electron chi connectivity index (χ4n) is 5.54. The number of hydrogen-bond donors (Lipinski definition) is 1. The van der Waals surface area contributed by atoms with Crippen LogP contribution < -0.4 is 11.2 Å². The lowest BCUT2D eigenvalue weighted by atomic mass is 9.96. The number of esters is 4. The molecule has 1 aliphatic heterocycles. The second kappa shape index (κ2) is 16.0. The van der Waals surface area contributed by atoms with Gasteiger partial charge in [0.2, 0.25) is 0 Å². The van der Waals surface area contributed by atoms with Crippen molar-refractivity contribution in [3.63, 3.8) is 0 Å². The van der Waals surface area contributed by atoms with Gasteiger partial charge in [0.15, 0.2) is 24.5 Å². The zero-order valence-corrected chi connectivity index (χ0v) is 27.7. The fraction of sp³-hybridized carbons (Fsp3) is 0.179. The number of hydrogen-bond acceptors (Lipinski definition) is 11. The van der Waals surface area contributed by atoms with Crippen LogP contribution in [0.4, 0.5) is 0 Å². The Labute approximate surface area is 296 Å². The van der Waals surface area contributed by atoms with Crippen LogP contribution in [0.3, 0.4) is 0 Å². The number of H-pyrrole nitrogens is 1. The Kier molecular flexibility index (Phi) is 10.8. The Morgan fingerprint density at radius 1 is 0.596 bits per heavy atom. The first kappa shape index (κ1) is 35.2. The number of aromatic nitrogens is 2. The first-order chi connectivity index (χ1) is 25.2. The van der Waals surface area contributed by atoms with Crippen LogP contribution in [0.5, 0.6) is 0 Å². The summed E-state index contributed by atoms with van der Waals surface area (Å²) in [6.07, 6.45) is -6.80. The highest BCUT2D eigenvalue weighted by Gasteiger charge is 2.54. The minimum absolute atomic E-state index is 0.0962. The van der Waals surface area contributed by atoms with Crippen molar-refractivity contribution in [2.75, 3.05) is 6.61 Å². The zero-order chi connectivity index (χ0) is 36.6. The topological polar surface area (TPSA) is 169 Å². The average molecular weight is 705 g/mol. The first-order valence-electron chi connectivity index (χ1n) is 16.2. The Bertz CT molecular complexity index is 2150. The quantitative estimate of drug-likeness (QED) is 0.163. The van der Waals surface area contributed by atoms with Gasteiger partial charge in [-0.1, -0.05) is 72.8 Å². The highest BCUT2D eigenvalue weighted by atomic mass is 16.7. The van der Waals surface area contributed by atoms with Gasteiger partial charge in [-0.15, -0.1) is 0 Å². The lowest BCUT2D eigenvalue weighted by Gasteiger charge is -2.44. The Morgan fingerprint density at radius 2 is 1.00 bits per heavy atom. The summed E-state index contributed by atoms with van der Waals surface area (Å²) >= 11 is 0. The lowest BCUT2D eigenvalue weighted by Crippen LogP contribution is -2.62. The smallest absolute Gasteiger partial charge is 0.338 e. The van der Waals surface area contributed by atoms with E-state index in [4.69, 9.17) is 23.7 Å². The average Bonchev–Trinajstić information content (AvgIpc) is 3.18. The number of rotatable bonds is 10. The number of nitrogens with zero attached hydrogens (tertiary/aromatic N) is 1. The molecule has 2 heterocycles. The van der Waals surface area contributed by atoms with Crippen molar-refractivity contribution in [1.29, 1.82) is 0 Å². The van der Waals surface area contributed by atoms with E-state index in [0.717, 1.165) is 4.57 Å². The number of aromatic amines is 1. The zero-order valence-electron chi connectivity index (χ0n) is 27.7. The van der Waals surface area contributed by atoms with E-state index in [9.17, 15) is 28.8 Å². The van der Waals surface area contributed by atoms with Crippen molar-refractivity contribution in [3.05, 3.63) is 176 Å². The van der Waals surface area contributed by atoms with Gasteiger partial charge in [-0.05, 0) is 55.5 Å². The summed E-state index contributed by atoms with van der Waals surface area (Å²) in [6.45, 7) is 0.867. The minimum atomic E-state index is -1.68. The van der Waals surface area contributed by atoms with Gasteiger partial charge in [-0.25, -0.2) is 24.0 Å². The second-order valence-corrected chi connectivity index (χ2v) is 11.7. The third-order valence-electron chi connectivity index (χ3n) is 8.18. The summed E-state index contributed by atoms with van der Waals surface area (Å²) in [5.41, 5.74) is -0.977. The van der Waals surface area contributed by atoms with Crippen LogP contribution in [0, 0.1) is 6.92 Å². The third-order valence-corrected chi connectivity index (χ3v) is 8.18. The molecular formula is C39H32N2O11. The molecule has 0 aliphatic carbocycles. The Hall–Kier alpha value is -6.60. The van der Waals surface area contributed by atoms with Gasteiger partial charge in [0.1, 0.15) is 12.7 Å². The van der Waals surface area contributed by atoms with Crippen LogP contribution in [-0.2, 0) is 23.7 Å². The van der Waals surface area contributed by atoms with Crippen LogP contribution in [0.2, 0.25) is 0 Å². The second-order valence-electron chi connectivity index (χ2n) is 11.7. The molecule has 13 heteroatoms. The molecule has 6 rings (SSSR count). The van der Waals surface area contributed by atoms with Crippen LogP contribution in [0.25, 0.3) is 0 Å². The van der Waals surface area contributed by atoms with Crippen molar-refractivity contribution in [2.24, 2.45) is 0 Å². The van der Waals surface area contributed by atoms with Gasteiger partial charge in [-0.3, -0.25) is 14.3 Å². The van der Waals surface area contributed by atoms with Crippen molar-refractivity contribution in [2.45, 2.75) is 37.6 Å². The first-order valence-corrected chi connectivity index (χ1v) is 16.2. The van der Waals surface area contributed by atoms with Crippen LogP contribution in [0.15, 0.2) is 137 Å². The van der Waals surface area contributed by atoms with Crippen molar-refractivity contribution in [3.8, 4) is 0 Å². The van der Waals surface area contributed by atoms with E-state index in [1.807, 2.05) is 0 Å². The van der Waals surface area contributed by atoms with E-state index in [-0.39, 0.29) is 27.8 Å². The predicted octanol–water partition coefficient (Wildman–Crippen LogP) is 4.28. The van der Waals surface area contributed by atoms with Crippen molar-refractivity contribution in [1.82, 2.24) is 9.55 Å². The molecule has 13 nitrogen and oxygen atoms in total. The van der Waals surface area contributed by atoms with E-state index in [1.165, 1.54) is 61.7 Å². The van der Waals surface area contributed by atoms with Crippen LogP contribution in [0.1, 0.15) is 53.2 Å². The van der Waals surface area contributed by atoms with E-state index >= 15 is 0 Å². The molecule has 5 aromatic rings. The molecule has 1 fully saturated rings. The Balaban J connectivity index is 1.48. The van der Waals surface area contributed by atoms with E-state index in [1.54, 1.807) is 72.8 Å². The summed E-state index contributed by atoms with van der Waals surface area (Å²) in [5.74, 6) is -3.39. The summed E-state index contributed by atoms with van der Waals surface area (Å²) in [5, 5.41) is 0. The standard InChI is InChI=1S/C39H32N2O11/c1-24-22-41(39(47)40-33(24)42)34-32(52-38(46)28-20-12-5-13-21-28)31(51-37(45)27-18-10-4-11-19-27)30(50-36(44)26-16-8-3-9-17-26)29(49-34)23-48-35(43)25-14-6-2-7-15-25/h2-22,29-32,34H,23H2,1H3,(H,40,42,47)/t29-,30-,31+,32-,34-/m1/s1. The van der Waals surface area contributed by atoms with Crippen LogP contribution in [-0.4, -0.2) is 64.5 Å². The van der Waals surface area contributed by atoms with E-state index in [2.05, 4.69) is 4.98 Å². The number of nitrogens with one attached hydrogen (secondary N) is 1. The van der Waals surface area contributed by atoms with Gasteiger partial charge in [0.05, 0.1) is 22.3 Å². The molecule has 0 bridgehead atoms. The molecule has 0 unspecified atom stereocenters. The SMILES string of the molecule is Cc1cn([C@@H]2O[C@H](COC(=O)c3ccccc3)[C@@H](OC(=O)c3ccccc3)[C@H](OC(=O)c3ccccc3)[C@H]2OC(=O)c2ccccc2)c(=O)[nH]c1=O. The molecule has 1 aliphatic rings. The molecule has 52 heavy (non-hydrogen) atoms. The molecule has 264 valence electrons. The Morgan fingerprint density at radius 3 is 1.46 bits per heavy atom. The molecule has 0 saturated carbocycles. The number of ether oxygens (including phenoxy) is 5. The minimum Gasteiger partial charge on any atom is -0.459 e. The molecule has 1 N–H and O–H groups in total. The number of carbonyl (C=O) groups is 4. The highest BCUT2D eigenvalue weighted by molar-refractivity contribution is 5.91. The van der Waals surface area contributed by atoms with Crippen molar-refractivity contribution >= 4 is 23.9 Å². The van der Waals surface area contributed by atoms with Gasteiger partial charge in [-0.2, -0.15) is 0 Å². The van der Waals surface area contributed by atoms with E-state index < -0.39 is 72.4 Å². The van der Waals surface area contributed by atoms with Gasteiger partial charge in [0.25, 0.3) is 5.56 Å². The summed E-state index contributed by atoms with van der Waals surface area (Å²) in [6, 6.07) is 31.8. The summed E-state index contributed by atoms with van der Waals surface area (Å²) < 4.78 is 31.0. The predicted molar refractivity (Wildman–Crippen MR) is 184 cm³/mol. The van der Waals surface area contributed by atoms with Gasteiger partial charge in [0, 0.05) is 11.8 Å². The summed E-state index contributed by atoms with van der Waals surface area (Å²) in [4.78, 5) is 82.1. The lowest BCUT2D eigenvalue weighted by molar-refractivity contribution is -0.250. The monoisotopic (exact) mass is 704 g/mol. The maximum Gasteiger partial charge on any atom is 0.338 e. The molecule has 0 amide bonds. The number of carbonyl (C=O) groups excluding carboxylic acids is 4. The largest absolute Gasteiger partial charge is 0.459 e. The maximum absolute atomic E-state index is 13.7. The number of aryl methyl sites for hydroxylation is 1. The maximum atomic E-state index is 13.7. The normalized spacial score (nSPS) is 19.5. The number of benzene rings is 4. The van der Waals surface area contributed by atoms with Gasteiger partial charge >= 0.3 is 29.6 Å². The third kappa shape index (κ3) is 8.06. The van der Waals surface area contributed by atoms with Gasteiger partial charge < -0.3 is 23.7 Å². The molecule has 0 spiro atoms. The van der Waals surface area contributed by atoms with Crippen molar-refractivity contribution < 1.29 is 42.9 Å².